The van der Waals surface area contributed by atoms with Crippen LogP contribution in [-0.4, -0.2) is 73.3 Å². The summed E-state index contributed by atoms with van der Waals surface area (Å²) in [6.45, 7) is 41.8. The number of esters is 1. The number of hydrogen-bond acceptors (Lipinski definition) is 7. The van der Waals surface area contributed by atoms with E-state index < -0.39 is 36.8 Å². The summed E-state index contributed by atoms with van der Waals surface area (Å²) in [5, 5.41) is 9.76. The van der Waals surface area contributed by atoms with Crippen molar-refractivity contribution < 1.29 is 32.7 Å². The molecule has 54 heavy (non-hydrogen) atoms. The van der Waals surface area contributed by atoms with Crippen LogP contribution in [0.1, 0.15) is 116 Å². The second kappa shape index (κ2) is 22.3. The van der Waals surface area contributed by atoms with Crippen LogP contribution >= 0.6 is 15.9 Å². The highest BCUT2D eigenvalue weighted by molar-refractivity contribution is 9.11. The van der Waals surface area contributed by atoms with Crippen molar-refractivity contribution >= 4 is 52.6 Å². The van der Waals surface area contributed by atoms with Crippen molar-refractivity contribution in [2.24, 2.45) is 11.8 Å². The molecule has 0 aliphatic rings. The monoisotopic (exact) mass is 872 g/mol. The molecule has 0 amide bonds. The third kappa shape index (κ3) is 18.1. The van der Waals surface area contributed by atoms with E-state index in [4.69, 9.17) is 18.0 Å². The lowest BCUT2D eigenvalue weighted by Crippen LogP contribution is -2.49. The zero-order valence-electron chi connectivity index (χ0n) is 37.9. The summed E-state index contributed by atoms with van der Waals surface area (Å²) in [7, 11) is -6.44. The topological polar surface area (TPSA) is 91.3 Å². The predicted octanol–water partition coefficient (Wildman–Crippen LogP) is 12.5. The number of rotatable bonds is 22. The number of aliphatic hydroxyl groups is 1. The van der Waals surface area contributed by atoms with Crippen LogP contribution in [0, 0.1) is 11.8 Å². The van der Waals surface area contributed by atoms with Crippen LogP contribution in [0.2, 0.25) is 54.4 Å². The van der Waals surface area contributed by atoms with Crippen LogP contribution in [-0.2, 0) is 27.6 Å². The van der Waals surface area contributed by atoms with Crippen molar-refractivity contribution in [3.05, 3.63) is 46.5 Å². The van der Waals surface area contributed by atoms with Gasteiger partial charge in [-0.3, -0.25) is 9.59 Å². The largest absolute Gasteiger partial charge is 0.466 e. The van der Waals surface area contributed by atoms with E-state index in [0.29, 0.717) is 6.42 Å². The van der Waals surface area contributed by atoms with Gasteiger partial charge in [-0.25, -0.2) is 0 Å². The van der Waals surface area contributed by atoms with E-state index >= 15 is 0 Å². The first kappa shape index (κ1) is 53.1. The number of ether oxygens (including phenoxy) is 1. The first-order valence-electron chi connectivity index (χ1n) is 20.0. The maximum Gasteiger partial charge on any atom is 0.313 e. The summed E-state index contributed by atoms with van der Waals surface area (Å²) in [6.07, 6.45) is 13.7. The summed E-state index contributed by atoms with van der Waals surface area (Å²) in [5.41, 5.74) is 1.22. The predicted molar refractivity (Wildman–Crippen MR) is 241 cm³/mol. The molecule has 0 aliphatic heterocycles. The molecule has 7 nitrogen and oxygen atoms in total. The lowest BCUT2D eigenvalue weighted by Gasteiger charge is -2.44. The first-order chi connectivity index (χ1) is 24.3. The minimum atomic E-state index is -2.17. The molecular weight excluding hydrogens is 793 g/mol. The number of halogens is 1. The molecule has 0 unspecified atom stereocenters. The lowest BCUT2D eigenvalue weighted by molar-refractivity contribution is -0.146. The molecule has 0 saturated carbocycles. The Morgan fingerprint density at radius 2 is 1.22 bits per heavy atom. The molecule has 1 N–H and O–H groups in total. The minimum absolute atomic E-state index is 0.00258. The highest BCUT2D eigenvalue weighted by Gasteiger charge is 2.44. The maximum absolute atomic E-state index is 13.1. The lowest BCUT2D eigenvalue weighted by atomic mass is 9.93. The van der Waals surface area contributed by atoms with Gasteiger partial charge in [0, 0.05) is 16.3 Å². The van der Waals surface area contributed by atoms with Crippen LogP contribution in [0.3, 0.4) is 0 Å². The summed E-state index contributed by atoms with van der Waals surface area (Å²) < 4.78 is 26.8. The van der Waals surface area contributed by atoms with Crippen molar-refractivity contribution in [2.45, 2.75) is 188 Å². The van der Waals surface area contributed by atoms with Crippen LogP contribution in [0.25, 0.3) is 0 Å². The number of carbonyl (C=O) groups is 2. The quantitative estimate of drug-likeness (QED) is 0.0381. The number of Topliss-reactive ketones (excluding diaryl/α,β-unsaturated/α-hetero) is 1. The molecule has 0 aromatic rings. The second-order valence-corrected chi connectivity index (χ2v) is 34.8. The number of allylic oxidation sites excluding steroid dienone is 5. The highest BCUT2D eigenvalue weighted by Crippen LogP contribution is 2.42. The minimum Gasteiger partial charge on any atom is -0.466 e. The molecule has 314 valence electrons. The van der Waals surface area contributed by atoms with Gasteiger partial charge in [0.1, 0.15) is 12.2 Å². The summed E-state index contributed by atoms with van der Waals surface area (Å²) >= 11 is 3.80. The molecule has 0 aromatic carbocycles. The Hall–Kier alpha value is -0.929. The molecule has 0 radical (unpaired) electrons. The molecule has 0 saturated heterocycles. The van der Waals surface area contributed by atoms with Crippen molar-refractivity contribution in [3.8, 4) is 0 Å². The first-order valence-corrected chi connectivity index (χ1v) is 29.5. The highest BCUT2D eigenvalue weighted by atomic mass is 79.9. The Morgan fingerprint density at radius 1 is 0.759 bits per heavy atom. The smallest absolute Gasteiger partial charge is 0.313 e. The zero-order valence-corrected chi connectivity index (χ0v) is 42.5. The molecule has 0 bridgehead atoms. The molecule has 11 heteroatoms. The number of hydrogen-bond donors (Lipinski definition) is 1. The van der Waals surface area contributed by atoms with E-state index in [1.165, 1.54) is 5.57 Å². The van der Waals surface area contributed by atoms with E-state index in [-0.39, 0.29) is 64.8 Å². The molecule has 0 aromatic heterocycles. The summed E-state index contributed by atoms with van der Waals surface area (Å²) in [4.78, 5) is 25.2. The Labute approximate surface area is 343 Å². The average Bonchev–Trinajstić information content (AvgIpc) is 3.00. The van der Waals surface area contributed by atoms with Crippen molar-refractivity contribution in [1.82, 2.24) is 0 Å². The van der Waals surface area contributed by atoms with Gasteiger partial charge in [0.05, 0.1) is 31.5 Å². The van der Waals surface area contributed by atoms with Gasteiger partial charge in [0.25, 0.3) is 0 Å². The fraction of sp³-hybridized carbons (Fsp3) is 0.767. The third-order valence-electron chi connectivity index (χ3n) is 11.9. The molecule has 5 atom stereocenters. The SMILES string of the molecule is CCOC(=O)CC(=O)[C@H](C)[C@H](CC/C(C)=C/C/C=C(Br)/C=C/[C@@H](O[Si](C)(C)C(C)(C)C)[C@H](C)[C@H](/C=C/CO)O[Si](C)(C)C(C)(C)C)O[Si](C)(C)C(C)(C)C. The molecule has 0 heterocycles. The van der Waals surface area contributed by atoms with Gasteiger partial charge < -0.3 is 23.1 Å². The molecule has 0 rings (SSSR count). The van der Waals surface area contributed by atoms with Gasteiger partial charge in [-0.2, -0.15) is 0 Å². The molecule has 0 spiro atoms. The summed E-state index contributed by atoms with van der Waals surface area (Å²) in [5.74, 6) is -1.02. The molecule has 0 aliphatic carbocycles. The van der Waals surface area contributed by atoms with Crippen molar-refractivity contribution in [2.75, 3.05) is 13.2 Å². The Balaban J connectivity index is 6.25. The third-order valence-corrected chi connectivity index (χ3v) is 26.0. The van der Waals surface area contributed by atoms with E-state index in [2.05, 4.69) is 156 Å². The van der Waals surface area contributed by atoms with Crippen molar-refractivity contribution in [3.63, 3.8) is 0 Å². The fourth-order valence-electron chi connectivity index (χ4n) is 4.85. The average molecular weight is 874 g/mol. The van der Waals surface area contributed by atoms with Crippen LogP contribution < -0.4 is 0 Å². The summed E-state index contributed by atoms with van der Waals surface area (Å²) in [6, 6.07) is 0. The number of ketones is 1. The second-order valence-electron chi connectivity index (χ2n) is 19.6. The number of aliphatic hydroxyl groups excluding tert-OH is 1. The number of carbonyl (C=O) groups excluding carboxylic acids is 2. The maximum atomic E-state index is 13.1. The zero-order chi connectivity index (χ0) is 42.5. The van der Waals surface area contributed by atoms with Gasteiger partial charge in [-0.05, 0) is 93.6 Å². The Kier molecular flexibility index (Phi) is 21.9. The molecule has 0 fully saturated rings. The van der Waals surface area contributed by atoms with E-state index in [1.807, 2.05) is 13.0 Å². The Bertz CT molecular complexity index is 1300. The molecular formula is C43H81BrO7Si3. The van der Waals surface area contributed by atoms with Crippen LogP contribution in [0.15, 0.2) is 46.5 Å². The van der Waals surface area contributed by atoms with Gasteiger partial charge in [0.2, 0.25) is 0 Å². The van der Waals surface area contributed by atoms with Crippen LogP contribution in [0.4, 0.5) is 0 Å². The van der Waals surface area contributed by atoms with E-state index in [0.717, 1.165) is 17.3 Å². The van der Waals surface area contributed by atoms with Gasteiger partial charge in [0.15, 0.2) is 25.0 Å². The Morgan fingerprint density at radius 3 is 1.67 bits per heavy atom. The van der Waals surface area contributed by atoms with Crippen LogP contribution in [0.5, 0.6) is 0 Å². The van der Waals surface area contributed by atoms with E-state index in [9.17, 15) is 14.7 Å². The van der Waals surface area contributed by atoms with E-state index in [1.54, 1.807) is 13.0 Å². The normalized spacial score (nSPS) is 17.5. The fourth-order valence-corrected chi connectivity index (χ4v) is 9.27. The van der Waals surface area contributed by atoms with Gasteiger partial charge in [-0.15, -0.1) is 0 Å². The standard InChI is InChI=1S/C43H81BrO7Si3/c1-20-48-40(47)31-36(46)33(3)38(50-53(16,17)42(8,9)10)28-26-32(2)23-21-24-35(44)27-29-39(51-54(18,19)43(11,12)13)34(4)37(25-22-30-45)49-52(14,15)41(5,6)7/h22-25,27,29,33-34,37-39,45H,20-21,26,28,30-31H2,1-19H3/b25-22+,29-27+,32-23+,35-24-/t33-,34+,37-,38-,39+/m0/s1. The van der Waals surface area contributed by atoms with Crippen molar-refractivity contribution in [1.29, 1.82) is 0 Å². The van der Waals surface area contributed by atoms with Gasteiger partial charge in [-0.1, -0.05) is 128 Å². The van der Waals surface area contributed by atoms with Gasteiger partial charge >= 0.3 is 5.97 Å².